The van der Waals surface area contributed by atoms with Crippen molar-refractivity contribution in [2.75, 3.05) is 0 Å². The van der Waals surface area contributed by atoms with Crippen molar-refractivity contribution >= 4 is 5.97 Å². The van der Waals surface area contributed by atoms with E-state index in [4.69, 9.17) is 9.84 Å². The summed E-state index contributed by atoms with van der Waals surface area (Å²) in [6.45, 7) is 2.07. The van der Waals surface area contributed by atoms with E-state index < -0.39 is 5.97 Å². The molecule has 0 amide bonds. The van der Waals surface area contributed by atoms with Crippen molar-refractivity contribution in [2.24, 2.45) is 0 Å². The molecule has 2 aromatic carbocycles. The molecule has 4 heteroatoms. The van der Waals surface area contributed by atoms with Gasteiger partial charge in [-0.15, -0.1) is 0 Å². The molecule has 0 aliphatic heterocycles. The Morgan fingerprint density at radius 3 is 2.63 bits per heavy atom. The molecule has 0 heterocycles. The highest BCUT2D eigenvalue weighted by molar-refractivity contribution is 5.89. The summed E-state index contributed by atoms with van der Waals surface area (Å²) in [5.74, 6) is -0.215. The van der Waals surface area contributed by atoms with E-state index in [0.29, 0.717) is 23.5 Å². The van der Waals surface area contributed by atoms with Crippen LogP contribution in [-0.2, 0) is 6.61 Å². The molecule has 0 saturated heterocycles. The second-order valence-corrected chi connectivity index (χ2v) is 4.24. The predicted octanol–water partition coefficient (Wildman–Crippen LogP) is 2.98. The average Bonchev–Trinajstić information content (AvgIpc) is 2.36. The lowest BCUT2D eigenvalue weighted by molar-refractivity contribution is 0.0696. The van der Waals surface area contributed by atoms with Gasteiger partial charge in [0.2, 0.25) is 0 Å². The summed E-state index contributed by atoms with van der Waals surface area (Å²) in [7, 11) is 0. The second kappa shape index (κ2) is 5.44. The quantitative estimate of drug-likeness (QED) is 0.884. The molecule has 2 N–H and O–H groups in total. The number of aryl methyl sites for hydroxylation is 1. The van der Waals surface area contributed by atoms with E-state index in [1.54, 1.807) is 43.3 Å². The number of hydrogen-bond donors (Lipinski definition) is 2. The monoisotopic (exact) mass is 258 g/mol. The Hall–Kier alpha value is -2.49. The Morgan fingerprint density at radius 2 is 2.00 bits per heavy atom. The SMILES string of the molecule is Cc1cc(COc2cccc(O)c2)ccc1C(=O)O. The number of carboxylic acids is 1. The van der Waals surface area contributed by atoms with Crippen LogP contribution in [0.1, 0.15) is 21.5 Å². The summed E-state index contributed by atoms with van der Waals surface area (Å²) in [5, 5.41) is 18.2. The Morgan fingerprint density at radius 1 is 1.21 bits per heavy atom. The summed E-state index contributed by atoms with van der Waals surface area (Å²) in [4.78, 5) is 10.9. The maximum absolute atomic E-state index is 10.9. The minimum absolute atomic E-state index is 0.148. The normalized spacial score (nSPS) is 10.2. The molecule has 0 aliphatic rings. The van der Waals surface area contributed by atoms with Gasteiger partial charge in [0, 0.05) is 6.07 Å². The highest BCUT2D eigenvalue weighted by Gasteiger charge is 2.07. The Kier molecular flexibility index (Phi) is 3.71. The number of hydrogen-bond acceptors (Lipinski definition) is 3. The molecule has 2 aromatic rings. The van der Waals surface area contributed by atoms with Gasteiger partial charge in [0.15, 0.2) is 0 Å². The minimum Gasteiger partial charge on any atom is -0.508 e. The summed E-state index contributed by atoms with van der Waals surface area (Å²) in [6.07, 6.45) is 0. The molecule has 0 bridgehead atoms. The molecule has 0 spiro atoms. The number of phenolic OH excluding ortho intramolecular Hbond substituents is 1. The van der Waals surface area contributed by atoms with Crippen LogP contribution in [0.4, 0.5) is 0 Å². The van der Waals surface area contributed by atoms with Crippen LogP contribution in [0.25, 0.3) is 0 Å². The second-order valence-electron chi connectivity index (χ2n) is 4.24. The fourth-order valence-electron chi connectivity index (χ4n) is 1.80. The van der Waals surface area contributed by atoms with E-state index in [9.17, 15) is 9.90 Å². The van der Waals surface area contributed by atoms with Crippen molar-refractivity contribution in [3.05, 3.63) is 59.2 Å². The molecule has 98 valence electrons. The third kappa shape index (κ3) is 3.25. The van der Waals surface area contributed by atoms with Crippen molar-refractivity contribution in [2.45, 2.75) is 13.5 Å². The van der Waals surface area contributed by atoms with E-state index in [1.807, 2.05) is 0 Å². The summed E-state index contributed by atoms with van der Waals surface area (Å²) >= 11 is 0. The Balaban J connectivity index is 2.08. The smallest absolute Gasteiger partial charge is 0.335 e. The predicted molar refractivity (Wildman–Crippen MR) is 70.6 cm³/mol. The highest BCUT2D eigenvalue weighted by Crippen LogP contribution is 2.19. The Bertz CT molecular complexity index is 605. The van der Waals surface area contributed by atoms with Gasteiger partial charge in [-0.25, -0.2) is 4.79 Å². The van der Waals surface area contributed by atoms with Crippen molar-refractivity contribution in [3.63, 3.8) is 0 Å². The van der Waals surface area contributed by atoms with Gasteiger partial charge in [-0.1, -0.05) is 18.2 Å². The van der Waals surface area contributed by atoms with Crippen molar-refractivity contribution in [1.29, 1.82) is 0 Å². The topological polar surface area (TPSA) is 66.8 Å². The fourth-order valence-corrected chi connectivity index (χ4v) is 1.80. The lowest BCUT2D eigenvalue weighted by Crippen LogP contribution is -2.02. The van der Waals surface area contributed by atoms with E-state index in [-0.39, 0.29) is 5.75 Å². The number of aromatic hydroxyl groups is 1. The van der Waals surface area contributed by atoms with Gasteiger partial charge in [0.25, 0.3) is 0 Å². The molecule has 2 rings (SSSR count). The number of benzene rings is 2. The molecule has 0 unspecified atom stereocenters. The van der Waals surface area contributed by atoms with Gasteiger partial charge in [-0.3, -0.25) is 0 Å². The van der Waals surface area contributed by atoms with Gasteiger partial charge < -0.3 is 14.9 Å². The number of rotatable bonds is 4. The van der Waals surface area contributed by atoms with Crippen LogP contribution in [0.3, 0.4) is 0 Å². The zero-order valence-electron chi connectivity index (χ0n) is 10.5. The molecule has 0 saturated carbocycles. The maximum atomic E-state index is 10.9. The van der Waals surface area contributed by atoms with Crippen LogP contribution in [0.15, 0.2) is 42.5 Å². The van der Waals surface area contributed by atoms with Crippen molar-refractivity contribution in [3.8, 4) is 11.5 Å². The van der Waals surface area contributed by atoms with Crippen LogP contribution in [0.5, 0.6) is 11.5 Å². The molecule has 4 nitrogen and oxygen atoms in total. The fraction of sp³-hybridized carbons (Fsp3) is 0.133. The first-order valence-electron chi connectivity index (χ1n) is 5.81. The number of ether oxygens (including phenoxy) is 1. The minimum atomic E-state index is -0.932. The molecule has 0 atom stereocenters. The third-order valence-corrected chi connectivity index (χ3v) is 2.74. The van der Waals surface area contributed by atoms with Crippen LogP contribution in [0, 0.1) is 6.92 Å². The molecular weight excluding hydrogens is 244 g/mol. The van der Waals surface area contributed by atoms with E-state index in [0.717, 1.165) is 5.56 Å². The Labute approximate surface area is 110 Å². The average molecular weight is 258 g/mol. The van der Waals surface area contributed by atoms with E-state index in [2.05, 4.69) is 0 Å². The van der Waals surface area contributed by atoms with Crippen LogP contribution >= 0.6 is 0 Å². The molecule has 19 heavy (non-hydrogen) atoms. The van der Waals surface area contributed by atoms with E-state index >= 15 is 0 Å². The van der Waals surface area contributed by atoms with Gasteiger partial charge in [-0.2, -0.15) is 0 Å². The molecule has 0 aromatic heterocycles. The number of carbonyl (C=O) groups is 1. The van der Waals surface area contributed by atoms with E-state index in [1.165, 1.54) is 6.07 Å². The summed E-state index contributed by atoms with van der Waals surface area (Å²) in [5.41, 5.74) is 1.87. The summed E-state index contributed by atoms with van der Waals surface area (Å²) in [6, 6.07) is 11.6. The first kappa shape index (κ1) is 13.0. The first-order valence-corrected chi connectivity index (χ1v) is 5.81. The lowest BCUT2D eigenvalue weighted by Gasteiger charge is -2.08. The zero-order chi connectivity index (χ0) is 13.8. The zero-order valence-corrected chi connectivity index (χ0v) is 10.5. The molecule has 0 aliphatic carbocycles. The van der Waals surface area contributed by atoms with Crippen molar-refractivity contribution < 1.29 is 19.7 Å². The van der Waals surface area contributed by atoms with Crippen LogP contribution in [0.2, 0.25) is 0 Å². The van der Waals surface area contributed by atoms with Crippen LogP contribution in [-0.4, -0.2) is 16.2 Å². The molecular formula is C15H14O4. The number of aromatic carboxylic acids is 1. The van der Waals surface area contributed by atoms with Gasteiger partial charge >= 0.3 is 5.97 Å². The highest BCUT2D eigenvalue weighted by atomic mass is 16.5. The first-order chi connectivity index (χ1) is 9.06. The van der Waals surface area contributed by atoms with Gasteiger partial charge in [0.05, 0.1) is 5.56 Å². The lowest BCUT2D eigenvalue weighted by atomic mass is 10.1. The largest absolute Gasteiger partial charge is 0.508 e. The van der Waals surface area contributed by atoms with Crippen molar-refractivity contribution in [1.82, 2.24) is 0 Å². The third-order valence-electron chi connectivity index (χ3n) is 2.74. The van der Waals surface area contributed by atoms with Crippen LogP contribution < -0.4 is 4.74 Å². The summed E-state index contributed by atoms with van der Waals surface area (Å²) < 4.78 is 5.52. The standard InChI is InChI=1S/C15H14O4/c1-10-7-11(5-6-14(10)15(17)18)9-19-13-4-2-3-12(16)8-13/h2-8,16H,9H2,1H3,(H,17,18). The maximum Gasteiger partial charge on any atom is 0.335 e. The van der Waals surface area contributed by atoms with Gasteiger partial charge in [0.1, 0.15) is 18.1 Å². The number of phenols is 1. The van der Waals surface area contributed by atoms with Gasteiger partial charge in [-0.05, 0) is 36.2 Å². The number of carboxylic acid groups (broad SMARTS) is 1. The molecule has 0 fully saturated rings. The molecule has 0 radical (unpaired) electrons.